The third-order valence-electron chi connectivity index (χ3n) is 4.65. The highest BCUT2D eigenvalue weighted by atomic mass is 16.6. The maximum Gasteiger partial charge on any atom is 0.303 e. The van der Waals surface area contributed by atoms with Crippen molar-refractivity contribution in [3.63, 3.8) is 0 Å². The molecule has 0 N–H and O–H groups in total. The van der Waals surface area contributed by atoms with Crippen LogP contribution in [0.3, 0.4) is 0 Å². The van der Waals surface area contributed by atoms with Gasteiger partial charge in [0.2, 0.25) is 0 Å². The Morgan fingerprint density at radius 3 is 2.50 bits per heavy atom. The van der Waals surface area contributed by atoms with E-state index in [1.54, 1.807) is 0 Å². The van der Waals surface area contributed by atoms with Crippen molar-refractivity contribution in [2.24, 2.45) is 11.3 Å². The summed E-state index contributed by atoms with van der Waals surface area (Å²) in [5.41, 5.74) is 1.67. The van der Waals surface area contributed by atoms with Crippen LogP contribution < -0.4 is 0 Å². The predicted octanol–water partition coefficient (Wildman–Crippen LogP) is 3.38. The van der Waals surface area contributed by atoms with Crippen molar-refractivity contribution < 1.29 is 23.9 Å². The minimum Gasteiger partial charge on any atom is -0.461 e. The number of rotatable bonds is 7. The van der Waals surface area contributed by atoms with Crippen molar-refractivity contribution in [1.29, 1.82) is 0 Å². The molecule has 0 bridgehead atoms. The molecule has 1 aliphatic carbocycles. The standard InChI is InChI=1S/C19H28O5/c1-13-7-6-9-19(4,5)17(13)11-18(24-15(3)22)16(8-10-20)12-23-14(2)21/h8,10,17-18H,1,6-7,9,11-12H2,2-5H3/b16-8+/t17-,18+/m1/s1. The summed E-state index contributed by atoms with van der Waals surface area (Å²) in [6.45, 7) is 11.1. The molecule has 134 valence electrons. The molecule has 1 rings (SSSR count). The Labute approximate surface area is 144 Å². The highest BCUT2D eigenvalue weighted by Gasteiger charge is 2.37. The number of carbonyl (C=O) groups is 3. The maximum absolute atomic E-state index is 11.5. The number of allylic oxidation sites excluding steroid dienone is 2. The lowest BCUT2D eigenvalue weighted by Crippen LogP contribution is -2.35. The molecule has 24 heavy (non-hydrogen) atoms. The van der Waals surface area contributed by atoms with Gasteiger partial charge in [0.15, 0.2) is 0 Å². The van der Waals surface area contributed by atoms with E-state index < -0.39 is 18.0 Å². The van der Waals surface area contributed by atoms with Gasteiger partial charge >= 0.3 is 11.9 Å². The van der Waals surface area contributed by atoms with Crippen molar-refractivity contribution in [3.8, 4) is 0 Å². The first-order valence-electron chi connectivity index (χ1n) is 8.30. The second kappa shape index (κ2) is 8.81. The first-order chi connectivity index (χ1) is 11.2. The van der Waals surface area contributed by atoms with Gasteiger partial charge in [-0.05, 0) is 43.1 Å². The molecule has 5 heteroatoms. The minimum absolute atomic E-state index is 0.0431. The lowest BCUT2D eigenvalue weighted by Gasteiger charge is -2.42. The van der Waals surface area contributed by atoms with Gasteiger partial charge in [0.25, 0.3) is 0 Å². The van der Waals surface area contributed by atoms with Gasteiger partial charge in [-0.25, -0.2) is 0 Å². The number of hydrogen-bond donors (Lipinski definition) is 0. The fourth-order valence-corrected chi connectivity index (χ4v) is 3.37. The number of ether oxygens (including phenoxy) is 2. The van der Waals surface area contributed by atoms with Gasteiger partial charge in [-0.2, -0.15) is 0 Å². The Morgan fingerprint density at radius 1 is 1.33 bits per heavy atom. The van der Waals surface area contributed by atoms with E-state index in [1.165, 1.54) is 19.9 Å². The van der Waals surface area contributed by atoms with Crippen LogP contribution in [0.1, 0.15) is 53.4 Å². The van der Waals surface area contributed by atoms with Crippen molar-refractivity contribution in [1.82, 2.24) is 0 Å². The largest absolute Gasteiger partial charge is 0.461 e. The summed E-state index contributed by atoms with van der Waals surface area (Å²) in [6.07, 6.45) is 4.99. The second-order valence-corrected chi connectivity index (χ2v) is 7.04. The van der Waals surface area contributed by atoms with E-state index >= 15 is 0 Å². The number of aldehydes is 1. The van der Waals surface area contributed by atoms with Crippen molar-refractivity contribution in [2.75, 3.05) is 6.61 Å². The Balaban J connectivity index is 3.03. The molecule has 0 aromatic heterocycles. The van der Waals surface area contributed by atoms with Gasteiger partial charge in [-0.3, -0.25) is 14.4 Å². The van der Waals surface area contributed by atoms with E-state index in [4.69, 9.17) is 9.47 Å². The number of hydrogen-bond acceptors (Lipinski definition) is 5. The first kappa shape index (κ1) is 20.1. The van der Waals surface area contributed by atoms with Crippen LogP contribution in [0.5, 0.6) is 0 Å². The van der Waals surface area contributed by atoms with Gasteiger partial charge in [0.05, 0.1) is 0 Å². The van der Waals surface area contributed by atoms with E-state index in [1.807, 2.05) is 0 Å². The zero-order valence-electron chi connectivity index (χ0n) is 15.1. The third kappa shape index (κ3) is 5.95. The Bertz CT molecular complexity index is 530. The van der Waals surface area contributed by atoms with Crippen molar-refractivity contribution in [3.05, 3.63) is 23.8 Å². The van der Waals surface area contributed by atoms with E-state index in [-0.39, 0.29) is 17.9 Å². The summed E-state index contributed by atoms with van der Waals surface area (Å²) in [4.78, 5) is 33.6. The quantitative estimate of drug-likeness (QED) is 0.308. The lowest BCUT2D eigenvalue weighted by molar-refractivity contribution is -0.146. The number of esters is 2. The molecule has 0 amide bonds. The summed E-state index contributed by atoms with van der Waals surface area (Å²) >= 11 is 0. The number of carbonyl (C=O) groups excluding carboxylic acids is 3. The first-order valence-corrected chi connectivity index (χ1v) is 8.30. The van der Waals surface area contributed by atoms with Crippen LogP contribution in [-0.4, -0.2) is 30.9 Å². The average Bonchev–Trinajstić information content (AvgIpc) is 2.45. The smallest absolute Gasteiger partial charge is 0.303 e. The fourth-order valence-electron chi connectivity index (χ4n) is 3.37. The second-order valence-electron chi connectivity index (χ2n) is 7.04. The van der Waals surface area contributed by atoms with Gasteiger partial charge in [0, 0.05) is 19.4 Å². The van der Waals surface area contributed by atoms with Crippen LogP contribution in [-0.2, 0) is 23.9 Å². The zero-order chi connectivity index (χ0) is 18.3. The molecule has 5 nitrogen and oxygen atoms in total. The summed E-state index contributed by atoms with van der Waals surface area (Å²) < 4.78 is 10.5. The molecule has 0 unspecified atom stereocenters. The summed E-state index contributed by atoms with van der Waals surface area (Å²) in [5.74, 6) is -0.711. The molecule has 0 spiro atoms. The van der Waals surface area contributed by atoms with Gasteiger partial charge in [-0.1, -0.05) is 26.0 Å². The van der Waals surface area contributed by atoms with Gasteiger partial charge in [-0.15, -0.1) is 0 Å². The van der Waals surface area contributed by atoms with E-state index in [0.717, 1.165) is 24.8 Å². The third-order valence-corrected chi connectivity index (χ3v) is 4.65. The zero-order valence-corrected chi connectivity index (χ0v) is 15.1. The molecule has 0 heterocycles. The minimum atomic E-state index is -0.605. The SMILES string of the molecule is C=C1CCCC(C)(C)[C@@H]1C[C@H](OC(C)=O)/C(=C/C=O)COC(C)=O. The van der Waals surface area contributed by atoms with Gasteiger partial charge < -0.3 is 9.47 Å². The normalized spacial score (nSPS) is 21.8. The molecule has 0 aliphatic heterocycles. The monoisotopic (exact) mass is 336 g/mol. The van der Waals surface area contributed by atoms with Gasteiger partial charge in [0.1, 0.15) is 19.0 Å². The topological polar surface area (TPSA) is 69.7 Å². The highest BCUT2D eigenvalue weighted by Crippen LogP contribution is 2.46. The lowest BCUT2D eigenvalue weighted by atomic mass is 9.64. The molecule has 1 fully saturated rings. The van der Waals surface area contributed by atoms with Crippen LogP contribution in [0.4, 0.5) is 0 Å². The Morgan fingerprint density at radius 2 is 2.00 bits per heavy atom. The Kier molecular flexibility index (Phi) is 7.39. The molecule has 0 radical (unpaired) electrons. The fraction of sp³-hybridized carbons (Fsp3) is 0.632. The molecule has 0 aromatic rings. The van der Waals surface area contributed by atoms with Crippen molar-refractivity contribution >= 4 is 18.2 Å². The molecular weight excluding hydrogens is 308 g/mol. The van der Waals surface area contributed by atoms with Crippen LogP contribution >= 0.6 is 0 Å². The van der Waals surface area contributed by atoms with E-state index in [2.05, 4.69) is 20.4 Å². The Hall–Kier alpha value is -1.91. The molecule has 0 aromatic carbocycles. The molecule has 1 aliphatic rings. The highest BCUT2D eigenvalue weighted by molar-refractivity contribution is 5.69. The van der Waals surface area contributed by atoms with E-state index in [0.29, 0.717) is 18.3 Å². The van der Waals surface area contributed by atoms with Crippen LogP contribution in [0.2, 0.25) is 0 Å². The predicted molar refractivity (Wildman–Crippen MR) is 91.2 cm³/mol. The van der Waals surface area contributed by atoms with Crippen LogP contribution in [0, 0.1) is 11.3 Å². The molecular formula is C19H28O5. The maximum atomic E-state index is 11.5. The van der Waals surface area contributed by atoms with Crippen LogP contribution in [0.15, 0.2) is 23.8 Å². The van der Waals surface area contributed by atoms with E-state index in [9.17, 15) is 14.4 Å². The molecule has 0 saturated heterocycles. The summed E-state index contributed by atoms with van der Waals surface area (Å²) in [5, 5.41) is 0. The van der Waals surface area contributed by atoms with Crippen LogP contribution in [0.25, 0.3) is 0 Å². The summed E-state index contributed by atoms with van der Waals surface area (Å²) in [6, 6.07) is 0. The average molecular weight is 336 g/mol. The summed E-state index contributed by atoms with van der Waals surface area (Å²) in [7, 11) is 0. The molecule has 1 saturated carbocycles. The molecule has 2 atom stereocenters. The van der Waals surface area contributed by atoms with Crippen molar-refractivity contribution in [2.45, 2.75) is 59.5 Å².